The monoisotopic (exact) mass is 413 g/mol. The summed E-state index contributed by atoms with van der Waals surface area (Å²) < 4.78 is 11.7. The summed E-state index contributed by atoms with van der Waals surface area (Å²) in [4.78, 5) is 7.64. The van der Waals surface area contributed by atoms with Gasteiger partial charge in [0.2, 0.25) is 11.8 Å². The molecule has 3 heterocycles. The van der Waals surface area contributed by atoms with Crippen LogP contribution in [0.2, 0.25) is 0 Å². The highest BCUT2D eigenvalue weighted by Gasteiger charge is 2.30. The van der Waals surface area contributed by atoms with Gasteiger partial charge >= 0.3 is 0 Å². The maximum atomic E-state index is 5.95. The molecule has 7 heteroatoms. The van der Waals surface area contributed by atoms with E-state index in [9.17, 15) is 0 Å². The molecule has 0 N–H and O–H groups in total. The number of likely N-dealkylation sites (N-methyl/N-ethyl adjacent to an activating group) is 1. The molecule has 1 aromatic carbocycles. The van der Waals surface area contributed by atoms with Gasteiger partial charge in [-0.2, -0.15) is 0 Å². The van der Waals surface area contributed by atoms with Crippen molar-refractivity contribution in [3.8, 4) is 17.2 Å². The number of aromatic nitrogens is 2. The van der Waals surface area contributed by atoms with Crippen molar-refractivity contribution in [3.63, 3.8) is 0 Å². The van der Waals surface area contributed by atoms with E-state index < -0.39 is 0 Å². The summed E-state index contributed by atoms with van der Waals surface area (Å²) >= 11 is 0. The second-order valence-corrected chi connectivity index (χ2v) is 8.38. The lowest BCUT2D eigenvalue weighted by Gasteiger charge is -2.37. The number of hydrogen-bond donors (Lipinski definition) is 0. The number of hydrogen-bond acceptors (Lipinski definition) is 7. The van der Waals surface area contributed by atoms with Gasteiger partial charge in [-0.15, -0.1) is 10.2 Å². The predicted molar refractivity (Wildman–Crippen MR) is 118 cm³/mol. The zero-order chi connectivity index (χ0) is 20.8. The Morgan fingerprint density at radius 2 is 1.80 bits per heavy atom. The maximum absolute atomic E-state index is 5.95. The molecule has 0 saturated carbocycles. The number of ether oxygens (including phenoxy) is 1. The van der Waals surface area contributed by atoms with E-state index in [0.717, 1.165) is 50.4 Å². The van der Waals surface area contributed by atoms with Crippen molar-refractivity contribution in [2.45, 2.75) is 45.7 Å². The summed E-state index contributed by atoms with van der Waals surface area (Å²) in [6, 6.07) is 8.57. The molecule has 1 aromatic heterocycles. The van der Waals surface area contributed by atoms with Crippen molar-refractivity contribution >= 4 is 0 Å². The van der Waals surface area contributed by atoms with E-state index in [4.69, 9.17) is 9.15 Å². The van der Waals surface area contributed by atoms with Crippen LogP contribution in [-0.4, -0.2) is 83.4 Å². The molecule has 2 aromatic rings. The Hall–Kier alpha value is -1.96. The van der Waals surface area contributed by atoms with Crippen LogP contribution < -0.4 is 4.74 Å². The minimum atomic E-state index is 0.580. The molecule has 2 aliphatic heterocycles. The average molecular weight is 414 g/mol. The summed E-state index contributed by atoms with van der Waals surface area (Å²) in [7, 11) is 0. The normalized spacial score (nSPS) is 21.3. The fourth-order valence-electron chi connectivity index (χ4n) is 4.35. The first-order chi connectivity index (χ1) is 14.7. The van der Waals surface area contributed by atoms with Gasteiger partial charge in [-0.1, -0.05) is 20.3 Å². The largest absolute Gasteiger partial charge is 0.494 e. The molecular weight excluding hydrogens is 378 g/mol. The van der Waals surface area contributed by atoms with E-state index in [1.165, 1.54) is 39.1 Å². The molecule has 4 rings (SSSR count). The fourth-order valence-corrected chi connectivity index (χ4v) is 4.35. The van der Waals surface area contributed by atoms with Crippen LogP contribution in [0.4, 0.5) is 0 Å². The van der Waals surface area contributed by atoms with E-state index in [2.05, 4.69) is 38.7 Å². The quantitative estimate of drug-likeness (QED) is 0.586. The van der Waals surface area contributed by atoms with Crippen LogP contribution in [0.15, 0.2) is 28.7 Å². The summed E-state index contributed by atoms with van der Waals surface area (Å²) in [6.07, 6.45) is 3.43. The van der Waals surface area contributed by atoms with E-state index >= 15 is 0 Å². The molecule has 0 spiro atoms. The molecule has 2 saturated heterocycles. The van der Waals surface area contributed by atoms with Crippen molar-refractivity contribution in [2.24, 2.45) is 0 Å². The van der Waals surface area contributed by atoms with E-state index in [1.807, 2.05) is 24.3 Å². The smallest absolute Gasteiger partial charge is 0.247 e. The van der Waals surface area contributed by atoms with Gasteiger partial charge in [0.1, 0.15) is 5.75 Å². The summed E-state index contributed by atoms with van der Waals surface area (Å²) in [6.45, 7) is 14.0. The number of benzene rings is 1. The Morgan fingerprint density at radius 3 is 2.53 bits per heavy atom. The number of rotatable bonds is 9. The van der Waals surface area contributed by atoms with Crippen molar-refractivity contribution in [1.82, 2.24) is 24.9 Å². The Morgan fingerprint density at radius 1 is 1.00 bits per heavy atom. The molecule has 0 bridgehead atoms. The molecule has 1 atom stereocenters. The zero-order valence-electron chi connectivity index (χ0n) is 18.4. The average Bonchev–Trinajstić information content (AvgIpc) is 3.45. The van der Waals surface area contributed by atoms with E-state index in [-0.39, 0.29) is 0 Å². The van der Waals surface area contributed by atoms with Crippen LogP contribution in [0.1, 0.15) is 39.0 Å². The van der Waals surface area contributed by atoms with Gasteiger partial charge in [0.25, 0.3) is 0 Å². The Kier molecular flexibility index (Phi) is 7.36. The van der Waals surface area contributed by atoms with Crippen LogP contribution in [0, 0.1) is 0 Å². The molecule has 0 aliphatic carbocycles. The molecule has 0 unspecified atom stereocenters. The van der Waals surface area contributed by atoms with Crippen LogP contribution in [-0.2, 0) is 6.54 Å². The third-order valence-electron chi connectivity index (χ3n) is 6.31. The highest BCUT2D eigenvalue weighted by atomic mass is 16.5. The van der Waals surface area contributed by atoms with E-state index in [0.29, 0.717) is 17.8 Å². The van der Waals surface area contributed by atoms with Gasteiger partial charge in [0.15, 0.2) is 0 Å². The molecule has 0 radical (unpaired) electrons. The zero-order valence-corrected chi connectivity index (χ0v) is 18.4. The molecule has 2 aliphatic rings. The lowest BCUT2D eigenvalue weighted by Crippen LogP contribution is -2.50. The van der Waals surface area contributed by atoms with Gasteiger partial charge in [-0.05, 0) is 43.7 Å². The number of piperazine rings is 1. The molecule has 164 valence electrons. The summed E-state index contributed by atoms with van der Waals surface area (Å²) in [5, 5.41) is 8.55. The summed E-state index contributed by atoms with van der Waals surface area (Å²) in [5.74, 6) is 2.16. The van der Waals surface area contributed by atoms with E-state index in [1.54, 1.807) is 0 Å². The lowest BCUT2D eigenvalue weighted by atomic mass is 10.2. The third-order valence-corrected chi connectivity index (χ3v) is 6.31. The number of likely N-dealkylation sites (tertiary alicyclic amines) is 1. The topological polar surface area (TPSA) is 57.9 Å². The highest BCUT2D eigenvalue weighted by molar-refractivity contribution is 5.53. The third kappa shape index (κ3) is 5.39. The van der Waals surface area contributed by atoms with Crippen LogP contribution in [0.5, 0.6) is 5.75 Å². The van der Waals surface area contributed by atoms with Crippen molar-refractivity contribution < 1.29 is 9.15 Å². The first-order valence-corrected chi connectivity index (χ1v) is 11.5. The first kappa shape index (κ1) is 21.3. The molecule has 30 heavy (non-hydrogen) atoms. The number of unbranched alkanes of at least 4 members (excludes halogenated alkanes) is 1. The van der Waals surface area contributed by atoms with Gasteiger partial charge in [0.05, 0.1) is 13.2 Å². The second-order valence-electron chi connectivity index (χ2n) is 8.38. The van der Waals surface area contributed by atoms with Crippen LogP contribution in [0.3, 0.4) is 0 Å². The van der Waals surface area contributed by atoms with Crippen LogP contribution >= 0.6 is 0 Å². The lowest BCUT2D eigenvalue weighted by molar-refractivity contribution is 0.100. The van der Waals surface area contributed by atoms with Crippen molar-refractivity contribution in [2.75, 3.05) is 52.4 Å². The molecule has 0 amide bonds. The highest BCUT2D eigenvalue weighted by Crippen LogP contribution is 2.23. The van der Waals surface area contributed by atoms with Gasteiger partial charge in [-0.3, -0.25) is 9.80 Å². The molecule has 7 nitrogen and oxygen atoms in total. The Labute approximate surface area is 180 Å². The van der Waals surface area contributed by atoms with Gasteiger partial charge in [0, 0.05) is 50.9 Å². The maximum Gasteiger partial charge on any atom is 0.247 e. The van der Waals surface area contributed by atoms with Gasteiger partial charge < -0.3 is 14.1 Å². The van der Waals surface area contributed by atoms with Gasteiger partial charge in [-0.25, -0.2) is 0 Å². The Balaban J connectivity index is 1.27. The minimum Gasteiger partial charge on any atom is -0.494 e. The summed E-state index contributed by atoms with van der Waals surface area (Å²) in [5.41, 5.74) is 0.935. The number of nitrogens with zero attached hydrogens (tertiary/aromatic N) is 5. The van der Waals surface area contributed by atoms with Crippen molar-refractivity contribution in [1.29, 1.82) is 0 Å². The molecule has 2 fully saturated rings. The standard InChI is InChI=1S/C23H35N5O2/c1-3-5-16-29-21-8-6-19(7-9-21)23-25-24-22(30-23)18-27-11-10-20(17-27)28-14-12-26(4-2)13-15-28/h6-9,20H,3-5,10-18H2,1-2H3/t20-/m0/s1. The second kappa shape index (κ2) is 10.4. The minimum absolute atomic E-state index is 0.580. The predicted octanol–water partition coefficient (Wildman–Crippen LogP) is 3.13. The molecular formula is C23H35N5O2. The van der Waals surface area contributed by atoms with Crippen molar-refractivity contribution in [3.05, 3.63) is 30.2 Å². The van der Waals surface area contributed by atoms with Crippen LogP contribution in [0.25, 0.3) is 11.5 Å². The SMILES string of the molecule is CCCCOc1ccc(-c2nnc(CN3CC[C@H](N4CCN(CC)CC4)C3)o2)cc1. The fraction of sp³-hybridized carbons (Fsp3) is 0.652. The first-order valence-electron chi connectivity index (χ1n) is 11.5. The Bertz CT molecular complexity index is 770.